The van der Waals surface area contributed by atoms with Crippen LogP contribution in [-0.4, -0.2) is 42.2 Å². The summed E-state index contributed by atoms with van der Waals surface area (Å²) in [6, 6.07) is 7.40. The molecule has 1 aromatic carbocycles. The summed E-state index contributed by atoms with van der Waals surface area (Å²) in [5, 5.41) is 7.34. The molecule has 31 heavy (non-hydrogen) atoms. The zero-order valence-electron chi connectivity index (χ0n) is 18.8. The molecule has 2 aromatic rings. The number of nitrogens with one attached hydrogen (secondary N) is 2. The topological polar surface area (TPSA) is 83.6 Å². The normalized spacial score (nSPS) is 17.5. The van der Waals surface area contributed by atoms with Crippen molar-refractivity contribution in [1.29, 1.82) is 0 Å². The SMILES string of the molecule is CC(=O)NC[C@@H]1CCN(c2nc3c(Cl)cccc3cc2[C@H](C)NC(=O)OC(C)(C)C)C1. The molecule has 1 saturated heterocycles. The van der Waals surface area contributed by atoms with Gasteiger partial charge in [0.05, 0.1) is 16.6 Å². The van der Waals surface area contributed by atoms with Crippen LogP contribution in [0.3, 0.4) is 0 Å². The molecule has 0 aliphatic carbocycles. The van der Waals surface area contributed by atoms with Gasteiger partial charge in [-0.2, -0.15) is 0 Å². The zero-order chi connectivity index (χ0) is 22.8. The van der Waals surface area contributed by atoms with Gasteiger partial charge in [0.25, 0.3) is 0 Å². The molecule has 0 spiro atoms. The minimum Gasteiger partial charge on any atom is -0.444 e. The number of amides is 2. The number of hydrogen-bond acceptors (Lipinski definition) is 5. The van der Waals surface area contributed by atoms with Crippen LogP contribution in [0.25, 0.3) is 10.9 Å². The first kappa shape index (κ1) is 23.1. The molecule has 0 unspecified atom stereocenters. The molecular formula is C23H31ClN4O3. The van der Waals surface area contributed by atoms with Crippen LogP contribution >= 0.6 is 11.6 Å². The number of fused-ring (bicyclic) bond motifs is 1. The van der Waals surface area contributed by atoms with E-state index in [-0.39, 0.29) is 11.9 Å². The minimum absolute atomic E-state index is 0.0232. The quantitative estimate of drug-likeness (QED) is 0.709. The molecule has 2 heterocycles. The Morgan fingerprint density at radius 3 is 2.77 bits per heavy atom. The number of hydrogen-bond donors (Lipinski definition) is 2. The molecule has 2 N–H and O–H groups in total. The van der Waals surface area contributed by atoms with Gasteiger partial charge in [0.1, 0.15) is 11.4 Å². The number of rotatable bonds is 5. The van der Waals surface area contributed by atoms with Gasteiger partial charge in [0.2, 0.25) is 5.91 Å². The fourth-order valence-electron chi connectivity index (χ4n) is 3.78. The molecule has 1 fully saturated rings. The number of para-hydroxylation sites is 1. The van der Waals surface area contributed by atoms with Crippen molar-refractivity contribution in [2.75, 3.05) is 24.5 Å². The monoisotopic (exact) mass is 446 g/mol. The molecule has 0 radical (unpaired) electrons. The van der Waals surface area contributed by atoms with Gasteiger partial charge in [-0.25, -0.2) is 9.78 Å². The average molecular weight is 447 g/mol. The number of carbonyl (C=O) groups is 2. The minimum atomic E-state index is -0.576. The molecule has 0 saturated carbocycles. The zero-order valence-corrected chi connectivity index (χ0v) is 19.5. The number of ether oxygens (including phenoxy) is 1. The maximum absolute atomic E-state index is 12.4. The number of benzene rings is 1. The molecule has 1 aliphatic rings. The van der Waals surface area contributed by atoms with Crippen molar-refractivity contribution in [3.63, 3.8) is 0 Å². The Bertz CT molecular complexity index is 973. The largest absolute Gasteiger partial charge is 0.444 e. The summed E-state index contributed by atoms with van der Waals surface area (Å²) in [6.45, 7) is 11.2. The molecule has 1 aromatic heterocycles. The van der Waals surface area contributed by atoms with Crippen LogP contribution in [0.1, 0.15) is 52.6 Å². The predicted octanol–water partition coefficient (Wildman–Crippen LogP) is 4.44. The Kier molecular flexibility index (Phi) is 6.94. The van der Waals surface area contributed by atoms with Crippen LogP contribution < -0.4 is 15.5 Å². The number of aromatic nitrogens is 1. The van der Waals surface area contributed by atoms with Crippen molar-refractivity contribution >= 4 is 40.3 Å². The lowest BCUT2D eigenvalue weighted by atomic mass is 10.1. The van der Waals surface area contributed by atoms with Crippen molar-refractivity contribution in [2.24, 2.45) is 5.92 Å². The molecular weight excluding hydrogens is 416 g/mol. The van der Waals surface area contributed by atoms with Crippen molar-refractivity contribution in [3.8, 4) is 0 Å². The van der Waals surface area contributed by atoms with E-state index in [9.17, 15) is 9.59 Å². The fourth-order valence-corrected chi connectivity index (χ4v) is 4.01. The van der Waals surface area contributed by atoms with Crippen LogP contribution in [0.4, 0.5) is 10.6 Å². The molecule has 0 bridgehead atoms. The summed E-state index contributed by atoms with van der Waals surface area (Å²) in [4.78, 5) is 30.8. The Morgan fingerprint density at radius 1 is 1.35 bits per heavy atom. The maximum atomic E-state index is 12.4. The Hall–Kier alpha value is -2.54. The Labute approximate surface area is 188 Å². The summed E-state index contributed by atoms with van der Waals surface area (Å²) in [5.41, 5.74) is 1.06. The second-order valence-electron chi connectivity index (χ2n) is 9.12. The van der Waals surface area contributed by atoms with Crippen molar-refractivity contribution in [2.45, 2.75) is 52.7 Å². The highest BCUT2D eigenvalue weighted by atomic mass is 35.5. The molecule has 3 rings (SSSR count). The third-order valence-corrected chi connectivity index (χ3v) is 5.53. The second-order valence-corrected chi connectivity index (χ2v) is 9.53. The van der Waals surface area contributed by atoms with Gasteiger partial charge in [-0.3, -0.25) is 4.79 Å². The molecule has 7 nitrogen and oxygen atoms in total. The van der Waals surface area contributed by atoms with Crippen LogP contribution in [-0.2, 0) is 9.53 Å². The lowest BCUT2D eigenvalue weighted by molar-refractivity contribution is -0.119. The second kappa shape index (κ2) is 9.30. The molecule has 1 aliphatic heterocycles. The highest BCUT2D eigenvalue weighted by molar-refractivity contribution is 6.35. The van der Waals surface area contributed by atoms with E-state index in [0.717, 1.165) is 41.8 Å². The van der Waals surface area contributed by atoms with Crippen molar-refractivity contribution in [3.05, 3.63) is 34.9 Å². The van der Waals surface area contributed by atoms with E-state index in [1.54, 1.807) is 0 Å². The van der Waals surface area contributed by atoms with E-state index in [1.165, 1.54) is 6.92 Å². The van der Waals surface area contributed by atoms with E-state index < -0.39 is 11.7 Å². The van der Waals surface area contributed by atoms with Gasteiger partial charge < -0.3 is 20.3 Å². The van der Waals surface area contributed by atoms with Crippen LogP contribution in [0.2, 0.25) is 5.02 Å². The molecule has 2 amide bonds. The van der Waals surface area contributed by atoms with Crippen molar-refractivity contribution < 1.29 is 14.3 Å². The standard InChI is InChI=1S/C23H31ClN4O3/c1-14(26-22(30)31-23(3,4)5)18-11-17-7-6-8-19(24)20(17)27-21(18)28-10-9-16(13-28)12-25-15(2)29/h6-8,11,14,16H,9-10,12-13H2,1-5H3,(H,25,29)(H,26,30)/t14-,16-/m0/s1. The van der Waals surface area contributed by atoms with Crippen LogP contribution in [0.5, 0.6) is 0 Å². The van der Waals surface area contributed by atoms with Gasteiger partial charge in [-0.15, -0.1) is 0 Å². The summed E-state index contributed by atoms with van der Waals surface area (Å²) in [6.07, 6.45) is 0.484. The van der Waals surface area contributed by atoms with Gasteiger partial charge in [-0.1, -0.05) is 23.7 Å². The van der Waals surface area contributed by atoms with E-state index in [0.29, 0.717) is 17.5 Å². The summed E-state index contributed by atoms with van der Waals surface area (Å²) >= 11 is 6.42. The first-order valence-electron chi connectivity index (χ1n) is 10.6. The highest BCUT2D eigenvalue weighted by Crippen LogP contribution is 2.34. The summed E-state index contributed by atoms with van der Waals surface area (Å²) < 4.78 is 5.43. The first-order valence-corrected chi connectivity index (χ1v) is 11.0. The maximum Gasteiger partial charge on any atom is 0.408 e. The van der Waals surface area contributed by atoms with E-state index in [4.69, 9.17) is 21.3 Å². The highest BCUT2D eigenvalue weighted by Gasteiger charge is 2.28. The number of nitrogens with zero attached hydrogens (tertiary/aromatic N) is 2. The predicted molar refractivity (Wildman–Crippen MR) is 124 cm³/mol. The number of anilines is 1. The molecule has 8 heteroatoms. The average Bonchev–Trinajstić information content (AvgIpc) is 3.13. The van der Waals surface area contributed by atoms with E-state index in [1.807, 2.05) is 52.0 Å². The fraction of sp³-hybridized carbons (Fsp3) is 0.522. The molecule has 2 atom stereocenters. The summed E-state index contributed by atoms with van der Waals surface area (Å²) in [5.74, 6) is 1.12. The Balaban J connectivity index is 1.90. The third kappa shape index (κ3) is 6.00. The van der Waals surface area contributed by atoms with Crippen molar-refractivity contribution in [1.82, 2.24) is 15.6 Å². The van der Waals surface area contributed by atoms with Gasteiger partial charge in [0.15, 0.2) is 0 Å². The first-order chi connectivity index (χ1) is 14.5. The lowest BCUT2D eigenvalue weighted by Crippen LogP contribution is -2.35. The smallest absolute Gasteiger partial charge is 0.408 e. The number of alkyl carbamates (subject to hydrolysis) is 1. The van der Waals surface area contributed by atoms with Gasteiger partial charge in [0, 0.05) is 37.5 Å². The van der Waals surface area contributed by atoms with E-state index in [2.05, 4.69) is 15.5 Å². The number of carbonyl (C=O) groups excluding carboxylic acids is 2. The van der Waals surface area contributed by atoms with Gasteiger partial charge in [-0.05, 0) is 52.2 Å². The van der Waals surface area contributed by atoms with Gasteiger partial charge >= 0.3 is 6.09 Å². The number of halogens is 1. The van der Waals surface area contributed by atoms with Crippen LogP contribution in [0.15, 0.2) is 24.3 Å². The van der Waals surface area contributed by atoms with Crippen LogP contribution in [0, 0.1) is 5.92 Å². The third-order valence-electron chi connectivity index (χ3n) is 5.23. The molecule has 168 valence electrons. The Morgan fingerprint density at radius 2 is 2.10 bits per heavy atom. The van der Waals surface area contributed by atoms with E-state index >= 15 is 0 Å². The summed E-state index contributed by atoms with van der Waals surface area (Å²) in [7, 11) is 0. The number of pyridine rings is 1. The lowest BCUT2D eigenvalue weighted by Gasteiger charge is -2.26.